The molecule has 1 fully saturated rings. The Morgan fingerprint density at radius 1 is 1.16 bits per heavy atom. The van der Waals surface area contributed by atoms with Crippen molar-refractivity contribution in [1.29, 1.82) is 0 Å². The van der Waals surface area contributed by atoms with Crippen molar-refractivity contribution in [2.75, 3.05) is 0 Å². The first-order valence-corrected chi connectivity index (χ1v) is 7.24. The van der Waals surface area contributed by atoms with Crippen LogP contribution in [0.15, 0.2) is 30.3 Å². The van der Waals surface area contributed by atoms with E-state index in [-0.39, 0.29) is 17.5 Å². The Kier molecular flexibility index (Phi) is 4.28. The number of benzene rings is 1. The zero-order chi connectivity index (χ0) is 13.9. The normalized spacial score (nSPS) is 23.9. The summed E-state index contributed by atoms with van der Waals surface area (Å²) in [7, 11) is 0. The molecule has 104 valence electrons. The highest BCUT2D eigenvalue weighted by atomic mass is 16.5. The molecule has 0 radical (unpaired) electrons. The van der Waals surface area contributed by atoms with Gasteiger partial charge in [0.1, 0.15) is 6.10 Å². The van der Waals surface area contributed by atoms with Crippen molar-refractivity contribution in [1.82, 2.24) is 0 Å². The van der Waals surface area contributed by atoms with Gasteiger partial charge in [-0.25, -0.2) is 0 Å². The van der Waals surface area contributed by atoms with Crippen LogP contribution in [0.2, 0.25) is 0 Å². The average Bonchev–Trinajstić information content (AvgIpc) is 2.39. The molecule has 0 aliphatic heterocycles. The van der Waals surface area contributed by atoms with Crippen LogP contribution in [-0.2, 0) is 14.9 Å². The van der Waals surface area contributed by atoms with Crippen molar-refractivity contribution in [3.8, 4) is 0 Å². The van der Waals surface area contributed by atoms with Gasteiger partial charge in [-0.15, -0.1) is 0 Å². The zero-order valence-corrected chi connectivity index (χ0v) is 12.2. The molecule has 2 heteroatoms. The molecule has 0 spiro atoms. The van der Waals surface area contributed by atoms with Gasteiger partial charge in [0.25, 0.3) is 0 Å². The quantitative estimate of drug-likeness (QED) is 0.765. The van der Waals surface area contributed by atoms with Crippen LogP contribution in [0.1, 0.15) is 52.0 Å². The smallest absolute Gasteiger partial charge is 0.302 e. The Bertz CT molecular complexity index is 422. The van der Waals surface area contributed by atoms with Crippen molar-refractivity contribution >= 4 is 5.97 Å². The van der Waals surface area contributed by atoms with Crippen LogP contribution in [0.4, 0.5) is 0 Å². The molecule has 1 aromatic rings. The lowest BCUT2D eigenvalue weighted by Gasteiger charge is -2.42. The molecule has 19 heavy (non-hydrogen) atoms. The fourth-order valence-electron chi connectivity index (χ4n) is 3.36. The average molecular weight is 260 g/mol. The molecule has 1 aromatic carbocycles. The first kappa shape index (κ1) is 14.1. The van der Waals surface area contributed by atoms with E-state index in [9.17, 15) is 4.79 Å². The number of esters is 1. The van der Waals surface area contributed by atoms with Crippen molar-refractivity contribution in [3.05, 3.63) is 35.9 Å². The van der Waals surface area contributed by atoms with E-state index >= 15 is 0 Å². The SMILES string of the molecule is CC(=O)OC1CCCCC1C(C)(C)c1ccccc1. The third kappa shape index (κ3) is 3.17. The Balaban J connectivity index is 2.23. The molecule has 1 aliphatic carbocycles. The fourth-order valence-corrected chi connectivity index (χ4v) is 3.36. The van der Waals surface area contributed by atoms with Crippen molar-refractivity contribution in [2.45, 2.75) is 58.0 Å². The Labute approximate surface area is 116 Å². The van der Waals surface area contributed by atoms with Gasteiger partial charge in [-0.3, -0.25) is 4.79 Å². The second kappa shape index (κ2) is 5.77. The maximum atomic E-state index is 11.3. The number of hydrogen-bond donors (Lipinski definition) is 0. The Morgan fingerprint density at radius 2 is 1.79 bits per heavy atom. The summed E-state index contributed by atoms with van der Waals surface area (Å²) in [6.07, 6.45) is 4.61. The fraction of sp³-hybridized carbons (Fsp3) is 0.588. The molecule has 0 bridgehead atoms. The van der Waals surface area contributed by atoms with Gasteiger partial charge in [0.2, 0.25) is 0 Å². The molecular weight excluding hydrogens is 236 g/mol. The maximum Gasteiger partial charge on any atom is 0.302 e. The number of ether oxygens (including phenoxy) is 1. The third-order valence-corrected chi connectivity index (χ3v) is 4.46. The van der Waals surface area contributed by atoms with E-state index < -0.39 is 0 Å². The highest BCUT2D eigenvalue weighted by Gasteiger charge is 2.39. The molecule has 0 aromatic heterocycles. The molecule has 1 aliphatic rings. The van der Waals surface area contributed by atoms with E-state index in [2.05, 4.69) is 38.1 Å². The molecule has 1 saturated carbocycles. The number of hydrogen-bond acceptors (Lipinski definition) is 2. The van der Waals surface area contributed by atoms with E-state index in [0.717, 1.165) is 12.8 Å². The van der Waals surface area contributed by atoms with Crippen LogP contribution in [-0.4, -0.2) is 12.1 Å². The van der Waals surface area contributed by atoms with E-state index in [0.29, 0.717) is 5.92 Å². The van der Waals surface area contributed by atoms with E-state index in [1.807, 2.05) is 6.07 Å². The summed E-state index contributed by atoms with van der Waals surface area (Å²) in [6, 6.07) is 10.6. The highest BCUT2D eigenvalue weighted by molar-refractivity contribution is 5.66. The minimum atomic E-state index is -0.152. The summed E-state index contributed by atoms with van der Waals surface area (Å²) < 4.78 is 5.57. The minimum absolute atomic E-state index is 0.0434. The molecule has 0 N–H and O–H groups in total. The van der Waals surface area contributed by atoms with E-state index in [1.165, 1.54) is 25.3 Å². The molecule has 2 unspecified atom stereocenters. The number of rotatable bonds is 3. The summed E-state index contributed by atoms with van der Waals surface area (Å²) in [6.45, 7) is 6.06. The van der Waals surface area contributed by atoms with Crippen LogP contribution in [0.5, 0.6) is 0 Å². The van der Waals surface area contributed by atoms with Crippen LogP contribution >= 0.6 is 0 Å². The molecular formula is C17H24O2. The standard InChI is InChI=1S/C17H24O2/c1-13(18)19-16-12-8-7-11-15(16)17(2,3)14-9-5-4-6-10-14/h4-6,9-10,15-16H,7-8,11-12H2,1-3H3. The first-order chi connectivity index (χ1) is 9.01. The lowest BCUT2D eigenvalue weighted by atomic mass is 9.66. The van der Waals surface area contributed by atoms with Crippen LogP contribution in [0, 0.1) is 5.92 Å². The summed E-state index contributed by atoms with van der Waals surface area (Å²) in [5.41, 5.74) is 1.38. The largest absolute Gasteiger partial charge is 0.462 e. The molecule has 0 saturated heterocycles. The summed E-state index contributed by atoms with van der Waals surface area (Å²) in [4.78, 5) is 11.3. The van der Waals surface area contributed by atoms with Gasteiger partial charge in [-0.2, -0.15) is 0 Å². The van der Waals surface area contributed by atoms with E-state index in [1.54, 1.807) is 0 Å². The number of carbonyl (C=O) groups is 1. The molecule has 0 amide bonds. The minimum Gasteiger partial charge on any atom is -0.462 e. The second-order valence-corrected chi connectivity index (χ2v) is 6.13. The molecule has 2 nitrogen and oxygen atoms in total. The lowest BCUT2D eigenvalue weighted by Crippen LogP contribution is -2.41. The van der Waals surface area contributed by atoms with Crippen LogP contribution in [0.25, 0.3) is 0 Å². The predicted octanol–water partition coefficient (Wildman–Crippen LogP) is 4.09. The summed E-state index contributed by atoms with van der Waals surface area (Å²) in [5, 5.41) is 0. The van der Waals surface area contributed by atoms with E-state index in [4.69, 9.17) is 4.74 Å². The monoisotopic (exact) mass is 260 g/mol. The Morgan fingerprint density at radius 3 is 2.42 bits per heavy atom. The van der Waals surface area contributed by atoms with Gasteiger partial charge in [0.05, 0.1) is 0 Å². The first-order valence-electron chi connectivity index (χ1n) is 7.24. The molecule has 2 atom stereocenters. The highest BCUT2D eigenvalue weighted by Crippen LogP contribution is 2.42. The van der Waals surface area contributed by atoms with Gasteiger partial charge >= 0.3 is 5.97 Å². The third-order valence-electron chi connectivity index (χ3n) is 4.46. The zero-order valence-electron chi connectivity index (χ0n) is 12.2. The van der Waals surface area contributed by atoms with Crippen LogP contribution < -0.4 is 0 Å². The van der Waals surface area contributed by atoms with Crippen molar-refractivity contribution in [3.63, 3.8) is 0 Å². The van der Waals surface area contributed by atoms with Crippen molar-refractivity contribution in [2.24, 2.45) is 5.92 Å². The van der Waals surface area contributed by atoms with Crippen LogP contribution in [0.3, 0.4) is 0 Å². The van der Waals surface area contributed by atoms with Gasteiger partial charge in [-0.1, -0.05) is 50.6 Å². The van der Waals surface area contributed by atoms with Crippen molar-refractivity contribution < 1.29 is 9.53 Å². The summed E-state index contributed by atoms with van der Waals surface area (Å²) in [5.74, 6) is 0.258. The van der Waals surface area contributed by atoms with Gasteiger partial charge < -0.3 is 4.74 Å². The number of carbonyl (C=O) groups excluding carboxylic acids is 1. The molecule has 0 heterocycles. The Hall–Kier alpha value is -1.31. The van der Waals surface area contributed by atoms with Gasteiger partial charge in [0.15, 0.2) is 0 Å². The molecule has 2 rings (SSSR count). The maximum absolute atomic E-state index is 11.3. The topological polar surface area (TPSA) is 26.3 Å². The predicted molar refractivity (Wildman–Crippen MR) is 77.0 cm³/mol. The second-order valence-electron chi connectivity index (χ2n) is 6.13. The summed E-state index contributed by atoms with van der Waals surface area (Å²) >= 11 is 0. The lowest BCUT2D eigenvalue weighted by molar-refractivity contribution is -0.152. The van der Waals surface area contributed by atoms with Gasteiger partial charge in [-0.05, 0) is 30.2 Å². The van der Waals surface area contributed by atoms with Gasteiger partial charge in [0, 0.05) is 12.8 Å².